The molecule has 0 fully saturated rings. The van der Waals surface area contributed by atoms with Gasteiger partial charge in [-0.3, -0.25) is 14.5 Å². The van der Waals surface area contributed by atoms with Crippen molar-refractivity contribution in [3.63, 3.8) is 0 Å². The third-order valence-corrected chi connectivity index (χ3v) is 5.61. The highest BCUT2D eigenvalue weighted by molar-refractivity contribution is 7.71. The first-order valence-corrected chi connectivity index (χ1v) is 10.9. The van der Waals surface area contributed by atoms with Crippen LogP contribution in [0.2, 0.25) is 0 Å². The molecule has 0 saturated carbocycles. The number of benzene rings is 1. The van der Waals surface area contributed by atoms with Crippen LogP contribution >= 0.6 is 23.6 Å². The number of nitrogens with one attached hydrogen (secondary N) is 2. The topological polar surface area (TPSA) is 75.6 Å². The molecule has 1 amide bonds. The smallest absolute Gasteiger partial charge is 0.230 e. The molecule has 0 unspecified atom stereocenters. The minimum atomic E-state index is -0.0680. The first kappa shape index (κ1) is 21.1. The number of allylic oxidation sites excluding steroid dienone is 1. The normalized spacial score (nSPS) is 10.8. The van der Waals surface area contributed by atoms with Crippen molar-refractivity contribution in [2.24, 2.45) is 0 Å². The van der Waals surface area contributed by atoms with E-state index >= 15 is 0 Å². The molecule has 2 heterocycles. The average Bonchev–Trinajstić information content (AvgIpc) is 3.29. The van der Waals surface area contributed by atoms with E-state index in [1.165, 1.54) is 29.7 Å². The molecule has 3 rings (SSSR count). The Bertz CT molecular complexity index is 1020. The van der Waals surface area contributed by atoms with E-state index in [0.717, 1.165) is 23.5 Å². The lowest BCUT2D eigenvalue weighted by Gasteiger charge is -2.04. The maximum Gasteiger partial charge on any atom is 0.230 e. The Balaban J connectivity index is 1.56. The number of aryl methyl sites for hydroxylation is 1. The van der Waals surface area contributed by atoms with Gasteiger partial charge in [-0.2, -0.15) is 5.10 Å². The van der Waals surface area contributed by atoms with E-state index in [1.807, 2.05) is 22.1 Å². The van der Waals surface area contributed by atoms with Crippen LogP contribution < -0.4 is 5.32 Å². The molecule has 0 saturated heterocycles. The molecular weight excluding hydrogens is 402 g/mol. The molecule has 6 nitrogen and oxygen atoms in total. The summed E-state index contributed by atoms with van der Waals surface area (Å²) in [6, 6.07) is 8.27. The van der Waals surface area contributed by atoms with Gasteiger partial charge in [0.05, 0.1) is 18.5 Å². The fourth-order valence-electron chi connectivity index (χ4n) is 2.96. The molecular formula is C21H25N5OS2. The summed E-state index contributed by atoms with van der Waals surface area (Å²) in [6.45, 7) is 6.52. The molecule has 0 bridgehead atoms. The second kappa shape index (κ2) is 10.3. The van der Waals surface area contributed by atoms with Gasteiger partial charge < -0.3 is 5.32 Å². The molecule has 0 aliphatic carbocycles. The van der Waals surface area contributed by atoms with Crippen LogP contribution in [-0.4, -0.2) is 25.7 Å². The van der Waals surface area contributed by atoms with Gasteiger partial charge in [0.15, 0.2) is 9.90 Å². The van der Waals surface area contributed by atoms with Crippen molar-refractivity contribution < 1.29 is 4.79 Å². The summed E-state index contributed by atoms with van der Waals surface area (Å²) in [5.41, 5.74) is 3.15. The zero-order valence-corrected chi connectivity index (χ0v) is 18.1. The van der Waals surface area contributed by atoms with Crippen molar-refractivity contribution in [3.8, 4) is 0 Å². The number of rotatable bonds is 10. The van der Waals surface area contributed by atoms with Crippen LogP contribution in [0.1, 0.15) is 42.4 Å². The molecule has 3 aromatic rings. The summed E-state index contributed by atoms with van der Waals surface area (Å²) in [4.78, 5) is 16.9. The Morgan fingerprint density at radius 3 is 2.83 bits per heavy atom. The third-order valence-electron chi connectivity index (χ3n) is 4.49. The van der Waals surface area contributed by atoms with Gasteiger partial charge in [-0.15, -0.1) is 17.9 Å². The van der Waals surface area contributed by atoms with Crippen molar-refractivity contribution in [2.75, 3.05) is 5.32 Å². The number of nitrogens with zero attached hydrogens (tertiary/aromatic N) is 3. The highest BCUT2D eigenvalue weighted by atomic mass is 32.1. The average molecular weight is 428 g/mol. The number of carbonyl (C=O) groups is 1. The minimum absolute atomic E-state index is 0.0680. The van der Waals surface area contributed by atoms with Crippen molar-refractivity contribution >= 4 is 34.6 Å². The van der Waals surface area contributed by atoms with Gasteiger partial charge in [0.1, 0.15) is 5.82 Å². The Labute approximate surface area is 179 Å². The van der Waals surface area contributed by atoms with Gasteiger partial charge in [-0.1, -0.05) is 43.7 Å². The van der Waals surface area contributed by atoms with Crippen molar-refractivity contribution in [2.45, 2.75) is 45.6 Å². The standard InChI is InChI=1S/C21H25N5OS2/c1-3-5-6-15-7-9-16(10-8-15)12-19(27)23-20-22-17(14-29-20)13-18-24-25-21(28)26(18)11-4-2/h4,7-10,14H,2-3,5-6,11-13H2,1H3,(H,25,28)(H,22,23,27). The number of amides is 1. The largest absolute Gasteiger partial charge is 0.302 e. The summed E-state index contributed by atoms with van der Waals surface area (Å²) >= 11 is 6.64. The van der Waals surface area contributed by atoms with Crippen LogP contribution in [-0.2, 0) is 30.6 Å². The number of carbonyl (C=O) groups excluding carboxylic acids is 1. The van der Waals surface area contributed by atoms with Crippen LogP contribution in [0.3, 0.4) is 0 Å². The molecule has 2 aromatic heterocycles. The van der Waals surface area contributed by atoms with Gasteiger partial charge in [0.25, 0.3) is 0 Å². The second-order valence-corrected chi connectivity index (χ2v) is 8.05. The number of hydrogen-bond acceptors (Lipinski definition) is 5. The lowest BCUT2D eigenvalue weighted by atomic mass is 10.0. The number of unbranched alkanes of at least 4 members (excludes halogenated alkanes) is 1. The maximum atomic E-state index is 12.4. The fraction of sp³-hybridized carbons (Fsp3) is 0.333. The predicted octanol–water partition coefficient (Wildman–Crippen LogP) is 4.70. The zero-order chi connectivity index (χ0) is 20.6. The molecule has 152 valence electrons. The first-order valence-electron chi connectivity index (χ1n) is 9.66. The molecule has 0 radical (unpaired) electrons. The Kier molecular flexibility index (Phi) is 7.48. The molecule has 0 atom stereocenters. The van der Waals surface area contributed by atoms with Crippen LogP contribution in [0.25, 0.3) is 0 Å². The van der Waals surface area contributed by atoms with E-state index < -0.39 is 0 Å². The van der Waals surface area contributed by atoms with Gasteiger partial charge >= 0.3 is 0 Å². The van der Waals surface area contributed by atoms with E-state index in [9.17, 15) is 4.79 Å². The lowest BCUT2D eigenvalue weighted by molar-refractivity contribution is -0.115. The van der Waals surface area contributed by atoms with Crippen molar-refractivity contribution in [1.82, 2.24) is 19.7 Å². The SMILES string of the molecule is C=CCn1c(Cc2csc(NC(=O)Cc3ccc(CCCC)cc3)n2)n[nH]c1=S. The van der Waals surface area contributed by atoms with Gasteiger partial charge in [-0.05, 0) is 36.2 Å². The number of H-pyrrole nitrogens is 1. The van der Waals surface area contributed by atoms with E-state index in [2.05, 4.69) is 46.1 Å². The van der Waals surface area contributed by atoms with Gasteiger partial charge in [0, 0.05) is 11.9 Å². The molecule has 8 heteroatoms. The quantitative estimate of drug-likeness (QED) is 0.363. The number of hydrogen-bond donors (Lipinski definition) is 2. The van der Waals surface area contributed by atoms with E-state index in [4.69, 9.17) is 12.2 Å². The van der Waals surface area contributed by atoms with Gasteiger partial charge in [-0.25, -0.2) is 4.98 Å². The highest BCUT2D eigenvalue weighted by Crippen LogP contribution is 2.18. The summed E-state index contributed by atoms with van der Waals surface area (Å²) in [5.74, 6) is 0.725. The molecule has 0 spiro atoms. The monoisotopic (exact) mass is 427 g/mol. The van der Waals surface area contributed by atoms with Crippen LogP contribution in [0, 0.1) is 4.77 Å². The summed E-state index contributed by atoms with van der Waals surface area (Å²) in [5, 5.41) is 12.5. The molecule has 0 aliphatic rings. The van der Waals surface area contributed by atoms with Crippen LogP contribution in [0.15, 0.2) is 42.3 Å². The lowest BCUT2D eigenvalue weighted by Crippen LogP contribution is -2.14. The second-order valence-electron chi connectivity index (χ2n) is 6.81. The minimum Gasteiger partial charge on any atom is -0.302 e. The van der Waals surface area contributed by atoms with Gasteiger partial charge in [0.2, 0.25) is 5.91 Å². The van der Waals surface area contributed by atoms with Crippen LogP contribution in [0.5, 0.6) is 0 Å². The highest BCUT2D eigenvalue weighted by Gasteiger charge is 2.11. The molecule has 2 N–H and O–H groups in total. The Morgan fingerprint density at radius 2 is 2.10 bits per heavy atom. The zero-order valence-electron chi connectivity index (χ0n) is 16.5. The fourth-order valence-corrected chi connectivity index (χ4v) is 3.92. The van der Waals surface area contributed by atoms with E-state index in [1.54, 1.807) is 6.08 Å². The summed E-state index contributed by atoms with van der Waals surface area (Å²) in [7, 11) is 0. The number of aromatic amines is 1. The molecule has 1 aromatic carbocycles. The summed E-state index contributed by atoms with van der Waals surface area (Å²) in [6.07, 6.45) is 6.10. The Morgan fingerprint density at radius 1 is 1.34 bits per heavy atom. The van der Waals surface area contributed by atoms with E-state index in [0.29, 0.717) is 29.3 Å². The number of thiazole rings is 1. The summed E-state index contributed by atoms with van der Waals surface area (Å²) < 4.78 is 2.44. The third kappa shape index (κ3) is 5.95. The maximum absolute atomic E-state index is 12.4. The van der Waals surface area contributed by atoms with Crippen LogP contribution in [0.4, 0.5) is 5.13 Å². The first-order chi connectivity index (χ1) is 14.1. The van der Waals surface area contributed by atoms with Crippen molar-refractivity contribution in [3.05, 3.63) is 69.7 Å². The number of aromatic nitrogens is 4. The van der Waals surface area contributed by atoms with E-state index in [-0.39, 0.29) is 5.91 Å². The molecule has 29 heavy (non-hydrogen) atoms. The Hall–Kier alpha value is -2.58. The van der Waals surface area contributed by atoms with Crippen molar-refractivity contribution in [1.29, 1.82) is 0 Å². The number of anilines is 1. The molecule has 0 aliphatic heterocycles. The predicted molar refractivity (Wildman–Crippen MR) is 120 cm³/mol.